The van der Waals surface area contributed by atoms with E-state index in [-0.39, 0.29) is 16.9 Å². The summed E-state index contributed by atoms with van der Waals surface area (Å²) in [4.78, 5) is 45.8. The highest BCUT2D eigenvalue weighted by Crippen LogP contribution is 2.32. The number of hydrogen-bond acceptors (Lipinski definition) is 4. The van der Waals surface area contributed by atoms with Crippen LogP contribution in [-0.4, -0.2) is 38.3 Å². The van der Waals surface area contributed by atoms with E-state index in [1.54, 1.807) is 24.3 Å². The number of benzene rings is 1. The van der Waals surface area contributed by atoms with Crippen molar-refractivity contribution in [2.45, 2.75) is 31.9 Å². The third-order valence-corrected chi connectivity index (χ3v) is 5.02. The van der Waals surface area contributed by atoms with Crippen molar-refractivity contribution in [1.29, 1.82) is 0 Å². The Kier molecular flexibility index (Phi) is 4.96. The van der Waals surface area contributed by atoms with Gasteiger partial charge in [0.05, 0.1) is 23.5 Å². The second kappa shape index (κ2) is 7.57. The highest BCUT2D eigenvalue weighted by Gasteiger charge is 2.34. The molecule has 0 spiro atoms. The van der Waals surface area contributed by atoms with Gasteiger partial charge in [-0.15, -0.1) is 0 Å². The molecule has 0 bridgehead atoms. The number of H-pyrrole nitrogens is 1. The summed E-state index contributed by atoms with van der Waals surface area (Å²) in [5.74, 6) is -0.297. The van der Waals surface area contributed by atoms with Crippen molar-refractivity contribution >= 4 is 16.8 Å². The van der Waals surface area contributed by atoms with E-state index in [0.29, 0.717) is 24.9 Å². The number of amides is 1. The number of halogens is 2. The summed E-state index contributed by atoms with van der Waals surface area (Å²) < 4.78 is 27.4. The highest BCUT2D eigenvalue weighted by molar-refractivity contribution is 5.92. The quantitative estimate of drug-likeness (QED) is 0.728. The topological polar surface area (TPSA) is 88.1 Å². The van der Waals surface area contributed by atoms with E-state index in [1.807, 2.05) is 0 Å². The summed E-state index contributed by atoms with van der Waals surface area (Å²) >= 11 is 0. The number of aromatic nitrogens is 3. The van der Waals surface area contributed by atoms with Gasteiger partial charge in [-0.05, 0) is 31.0 Å². The zero-order chi connectivity index (χ0) is 20.5. The molecule has 1 atom stereocenters. The van der Waals surface area contributed by atoms with Crippen LogP contribution in [0.5, 0.6) is 0 Å². The molecule has 1 fully saturated rings. The fraction of sp³-hybridized carbons (Fsp3) is 0.300. The molecule has 1 N–H and O–H groups in total. The minimum Gasteiger partial charge on any atom is -0.327 e. The Morgan fingerprint density at radius 2 is 1.97 bits per heavy atom. The van der Waals surface area contributed by atoms with Gasteiger partial charge in [0.25, 0.3) is 17.9 Å². The number of carbonyl (C=O) groups is 1. The van der Waals surface area contributed by atoms with Crippen LogP contribution in [0.15, 0.2) is 52.1 Å². The number of fused-ring (bicyclic) bond motifs is 1. The van der Waals surface area contributed by atoms with Crippen LogP contribution in [0, 0.1) is 0 Å². The predicted molar refractivity (Wildman–Crippen MR) is 102 cm³/mol. The average Bonchev–Trinajstić information content (AvgIpc) is 3.19. The number of carbonyl (C=O) groups excluding carboxylic acids is 1. The minimum absolute atomic E-state index is 0.105. The maximum atomic E-state index is 13.2. The van der Waals surface area contributed by atoms with Crippen molar-refractivity contribution in [2.24, 2.45) is 0 Å². The number of pyridine rings is 1. The van der Waals surface area contributed by atoms with Gasteiger partial charge in [0.2, 0.25) is 5.56 Å². The molecular weight excluding hydrogens is 382 g/mol. The Labute approximate surface area is 163 Å². The number of likely N-dealkylation sites (tertiary alicyclic amines) is 1. The molecule has 0 saturated carbocycles. The van der Waals surface area contributed by atoms with Gasteiger partial charge in [-0.1, -0.05) is 18.2 Å². The second-order valence-electron chi connectivity index (χ2n) is 6.88. The van der Waals surface area contributed by atoms with Gasteiger partial charge in [-0.3, -0.25) is 19.0 Å². The first-order valence-electron chi connectivity index (χ1n) is 9.23. The van der Waals surface area contributed by atoms with Crippen LogP contribution in [0.4, 0.5) is 8.78 Å². The summed E-state index contributed by atoms with van der Waals surface area (Å²) in [6.07, 6.45) is -1.63. The lowest BCUT2D eigenvalue weighted by Crippen LogP contribution is -2.37. The molecule has 0 radical (unpaired) electrons. The Morgan fingerprint density at radius 3 is 2.72 bits per heavy atom. The zero-order valence-corrected chi connectivity index (χ0v) is 15.3. The molecule has 4 rings (SSSR count). The van der Waals surface area contributed by atoms with Crippen LogP contribution in [0.3, 0.4) is 0 Å². The van der Waals surface area contributed by atoms with Gasteiger partial charge in [-0.2, -0.15) is 0 Å². The SMILES string of the molecule is O=C(c1cccc(=O)[nH]1)N1CCCC1c1nc2ccccc2c(=O)n1CC(F)F. The normalized spacial score (nSPS) is 16.7. The Morgan fingerprint density at radius 1 is 1.17 bits per heavy atom. The van der Waals surface area contributed by atoms with Gasteiger partial charge >= 0.3 is 0 Å². The van der Waals surface area contributed by atoms with Crippen LogP contribution in [-0.2, 0) is 6.54 Å². The van der Waals surface area contributed by atoms with Gasteiger partial charge in [0.15, 0.2) is 0 Å². The van der Waals surface area contributed by atoms with Crippen molar-refractivity contribution in [3.63, 3.8) is 0 Å². The number of para-hydroxylation sites is 1. The molecule has 3 heterocycles. The summed E-state index contributed by atoms with van der Waals surface area (Å²) in [6.45, 7) is -0.426. The van der Waals surface area contributed by atoms with Gasteiger partial charge in [0.1, 0.15) is 11.5 Å². The van der Waals surface area contributed by atoms with Crippen molar-refractivity contribution in [3.05, 3.63) is 74.7 Å². The van der Waals surface area contributed by atoms with Crippen LogP contribution >= 0.6 is 0 Å². The van der Waals surface area contributed by atoms with Crippen LogP contribution < -0.4 is 11.1 Å². The molecule has 7 nitrogen and oxygen atoms in total. The molecule has 9 heteroatoms. The van der Waals surface area contributed by atoms with Gasteiger partial charge in [0, 0.05) is 12.6 Å². The smallest absolute Gasteiger partial charge is 0.270 e. The lowest BCUT2D eigenvalue weighted by molar-refractivity contribution is 0.0714. The summed E-state index contributed by atoms with van der Waals surface area (Å²) in [6, 6.07) is 10.2. The molecule has 1 aliphatic rings. The van der Waals surface area contributed by atoms with Crippen LogP contribution in [0.1, 0.15) is 35.2 Å². The van der Waals surface area contributed by atoms with Crippen LogP contribution in [0.2, 0.25) is 0 Å². The van der Waals surface area contributed by atoms with E-state index in [4.69, 9.17) is 0 Å². The molecule has 1 saturated heterocycles. The molecule has 3 aromatic rings. The van der Waals surface area contributed by atoms with Crippen LogP contribution in [0.25, 0.3) is 10.9 Å². The van der Waals surface area contributed by atoms with Gasteiger partial charge in [-0.25, -0.2) is 13.8 Å². The zero-order valence-electron chi connectivity index (χ0n) is 15.3. The van der Waals surface area contributed by atoms with Crippen molar-refractivity contribution in [3.8, 4) is 0 Å². The number of nitrogens with one attached hydrogen (secondary N) is 1. The molecule has 2 aromatic heterocycles. The first-order chi connectivity index (χ1) is 14.0. The third kappa shape index (κ3) is 3.55. The summed E-state index contributed by atoms with van der Waals surface area (Å²) in [5, 5.41) is 0.250. The molecule has 0 aliphatic carbocycles. The molecule has 1 aliphatic heterocycles. The maximum Gasteiger partial charge on any atom is 0.270 e. The molecule has 1 unspecified atom stereocenters. The predicted octanol–water partition coefficient (Wildman–Crippen LogP) is 2.33. The molecule has 1 amide bonds. The number of rotatable bonds is 4. The maximum absolute atomic E-state index is 13.2. The Hall–Kier alpha value is -3.36. The fourth-order valence-corrected chi connectivity index (χ4v) is 3.76. The number of alkyl halides is 2. The standard InChI is InChI=1S/C20H18F2N4O3/c21-16(22)11-26-18(24-13-6-2-1-5-12(13)19(26)28)15-8-4-10-25(15)20(29)14-7-3-9-17(27)23-14/h1-3,5-7,9,15-16H,4,8,10-11H2,(H,23,27). The largest absolute Gasteiger partial charge is 0.327 e. The number of nitrogens with zero attached hydrogens (tertiary/aromatic N) is 3. The summed E-state index contributed by atoms with van der Waals surface area (Å²) in [5.41, 5.74) is -0.471. The minimum atomic E-state index is -2.74. The van der Waals surface area contributed by atoms with E-state index >= 15 is 0 Å². The monoisotopic (exact) mass is 400 g/mol. The lowest BCUT2D eigenvalue weighted by Gasteiger charge is -2.26. The molecule has 29 heavy (non-hydrogen) atoms. The van der Waals surface area contributed by atoms with E-state index < -0.39 is 36.0 Å². The highest BCUT2D eigenvalue weighted by atomic mass is 19.3. The van der Waals surface area contributed by atoms with Crippen molar-refractivity contribution < 1.29 is 13.6 Å². The molecular formula is C20H18F2N4O3. The van der Waals surface area contributed by atoms with E-state index in [9.17, 15) is 23.2 Å². The first-order valence-corrected chi connectivity index (χ1v) is 9.23. The molecule has 1 aromatic carbocycles. The lowest BCUT2D eigenvalue weighted by atomic mass is 10.1. The third-order valence-electron chi connectivity index (χ3n) is 5.02. The average molecular weight is 400 g/mol. The van der Waals surface area contributed by atoms with E-state index in [2.05, 4.69) is 9.97 Å². The number of hydrogen-bond donors (Lipinski definition) is 1. The van der Waals surface area contributed by atoms with Crippen molar-refractivity contribution in [2.75, 3.05) is 6.54 Å². The first kappa shape index (κ1) is 19.0. The van der Waals surface area contributed by atoms with Crippen molar-refractivity contribution in [1.82, 2.24) is 19.4 Å². The van der Waals surface area contributed by atoms with E-state index in [1.165, 1.54) is 23.1 Å². The van der Waals surface area contributed by atoms with E-state index in [0.717, 1.165) is 4.57 Å². The fourth-order valence-electron chi connectivity index (χ4n) is 3.76. The Bertz CT molecular complexity index is 1190. The molecule has 150 valence electrons. The number of aromatic amines is 1. The van der Waals surface area contributed by atoms with Gasteiger partial charge < -0.3 is 9.88 Å². The second-order valence-corrected chi connectivity index (χ2v) is 6.88. The Balaban J connectivity index is 1.83. The summed E-state index contributed by atoms with van der Waals surface area (Å²) in [7, 11) is 0.